The minimum atomic E-state index is -1.23. The zero-order valence-corrected chi connectivity index (χ0v) is 12.8. The summed E-state index contributed by atoms with van der Waals surface area (Å²) in [5.74, 6) is 0.465. The Kier molecular flexibility index (Phi) is 4.93. The molecule has 0 aromatic carbocycles. The van der Waals surface area contributed by atoms with E-state index < -0.39 is 11.4 Å². The molecule has 0 N–H and O–H groups in total. The lowest BCUT2D eigenvalue weighted by atomic mass is 10.0. The van der Waals surface area contributed by atoms with Gasteiger partial charge in [-0.1, -0.05) is 18.2 Å². The van der Waals surface area contributed by atoms with E-state index in [4.69, 9.17) is 0 Å². The molecule has 0 fully saturated rings. The van der Waals surface area contributed by atoms with E-state index in [1.807, 2.05) is 33.0 Å². The number of aromatic nitrogens is 1. The van der Waals surface area contributed by atoms with E-state index in [1.54, 1.807) is 6.21 Å². The van der Waals surface area contributed by atoms with Crippen LogP contribution in [0.2, 0.25) is 0 Å². The Morgan fingerprint density at radius 3 is 2.44 bits per heavy atom. The van der Waals surface area contributed by atoms with Gasteiger partial charge >= 0.3 is 0 Å². The second-order valence-corrected chi connectivity index (χ2v) is 7.65. The molecule has 0 bridgehead atoms. The van der Waals surface area contributed by atoms with Crippen molar-refractivity contribution < 1.29 is 4.55 Å². The van der Waals surface area contributed by atoms with Crippen LogP contribution in [0.3, 0.4) is 0 Å². The maximum atomic E-state index is 11.8. The summed E-state index contributed by atoms with van der Waals surface area (Å²) in [5, 5.41) is 0. The molecule has 3 nitrogen and oxygen atoms in total. The van der Waals surface area contributed by atoms with Crippen molar-refractivity contribution in [1.29, 1.82) is 0 Å². The first kappa shape index (κ1) is 15.2. The maximum absolute atomic E-state index is 11.8. The summed E-state index contributed by atoms with van der Waals surface area (Å²) >= 11 is -1.23. The standard InChI is InChI=1S/C14H22N2OS/c1-10(2)13-9-15-12(7-11(13)3)8-16-18(17)14(4,5)6/h7-10H,1-6H3/b16-8+/t18-/m1/s1. The highest BCUT2D eigenvalue weighted by molar-refractivity contribution is 7.91. The fraction of sp³-hybridized carbons (Fsp3) is 0.571. The lowest BCUT2D eigenvalue weighted by Gasteiger charge is -2.17. The average Bonchev–Trinajstić information content (AvgIpc) is 2.24. The molecule has 0 spiro atoms. The minimum Gasteiger partial charge on any atom is -0.591 e. The number of nitrogens with zero attached hydrogens (tertiary/aromatic N) is 2. The molecule has 0 radical (unpaired) electrons. The molecule has 1 rings (SSSR count). The molecule has 0 aliphatic rings. The number of hydrogen-bond donors (Lipinski definition) is 0. The van der Waals surface area contributed by atoms with Crippen LogP contribution in [-0.2, 0) is 11.4 Å². The third-order valence-electron chi connectivity index (χ3n) is 2.60. The van der Waals surface area contributed by atoms with Crippen LogP contribution < -0.4 is 0 Å². The largest absolute Gasteiger partial charge is 0.591 e. The zero-order chi connectivity index (χ0) is 13.9. The van der Waals surface area contributed by atoms with Crippen LogP contribution in [0.15, 0.2) is 16.7 Å². The highest BCUT2D eigenvalue weighted by atomic mass is 32.2. The monoisotopic (exact) mass is 266 g/mol. The van der Waals surface area contributed by atoms with Gasteiger partial charge in [-0.05, 0) is 50.8 Å². The van der Waals surface area contributed by atoms with Crippen molar-refractivity contribution in [2.24, 2.45) is 4.40 Å². The second kappa shape index (κ2) is 5.85. The molecule has 1 aromatic heterocycles. The van der Waals surface area contributed by atoms with E-state index in [1.165, 1.54) is 11.1 Å². The molecule has 0 saturated heterocycles. The molecule has 0 aliphatic carbocycles. The molecule has 1 atom stereocenters. The van der Waals surface area contributed by atoms with Crippen molar-refractivity contribution in [3.05, 3.63) is 29.1 Å². The van der Waals surface area contributed by atoms with E-state index in [-0.39, 0.29) is 4.75 Å². The van der Waals surface area contributed by atoms with Crippen LogP contribution in [0.5, 0.6) is 0 Å². The van der Waals surface area contributed by atoms with E-state index >= 15 is 0 Å². The second-order valence-electron chi connectivity index (χ2n) is 5.72. The first-order valence-corrected chi connectivity index (χ1v) is 7.25. The van der Waals surface area contributed by atoms with E-state index in [2.05, 4.69) is 30.2 Å². The van der Waals surface area contributed by atoms with Crippen LogP contribution in [-0.4, -0.2) is 20.5 Å². The minimum absolute atomic E-state index is 0.330. The first-order chi connectivity index (χ1) is 8.21. The van der Waals surface area contributed by atoms with Gasteiger partial charge in [0.05, 0.1) is 5.69 Å². The molecule has 18 heavy (non-hydrogen) atoms. The Labute approximate surface area is 113 Å². The van der Waals surface area contributed by atoms with Gasteiger partial charge in [-0.3, -0.25) is 4.98 Å². The number of aryl methyl sites for hydroxylation is 1. The third kappa shape index (κ3) is 4.10. The van der Waals surface area contributed by atoms with Gasteiger partial charge in [-0.15, -0.1) is 0 Å². The molecule has 1 heterocycles. The van der Waals surface area contributed by atoms with Crippen molar-refractivity contribution in [1.82, 2.24) is 4.98 Å². The van der Waals surface area contributed by atoms with Gasteiger partial charge in [0.2, 0.25) is 0 Å². The van der Waals surface area contributed by atoms with Crippen molar-refractivity contribution in [3.8, 4) is 0 Å². The SMILES string of the molecule is Cc1cc(/C=N/[S@+]([O-])C(C)(C)C)ncc1C(C)C. The third-order valence-corrected chi connectivity index (χ3v) is 3.94. The summed E-state index contributed by atoms with van der Waals surface area (Å²) in [6.45, 7) is 12.1. The lowest BCUT2D eigenvalue weighted by Crippen LogP contribution is -2.25. The molecule has 1 aromatic rings. The highest BCUT2D eigenvalue weighted by Gasteiger charge is 2.25. The van der Waals surface area contributed by atoms with Gasteiger partial charge in [0, 0.05) is 6.20 Å². The van der Waals surface area contributed by atoms with Crippen molar-refractivity contribution in [2.75, 3.05) is 0 Å². The molecular formula is C14H22N2OS. The quantitative estimate of drug-likeness (QED) is 0.622. The van der Waals surface area contributed by atoms with E-state index in [9.17, 15) is 4.55 Å². The topological polar surface area (TPSA) is 48.3 Å². The van der Waals surface area contributed by atoms with Gasteiger partial charge in [0.1, 0.15) is 22.3 Å². The van der Waals surface area contributed by atoms with Crippen molar-refractivity contribution >= 4 is 17.6 Å². The number of rotatable bonds is 3. The summed E-state index contributed by atoms with van der Waals surface area (Å²) < 4.78 is 15.5. The maximum Gasteiger partial charge on any atom is 0.144 e. The van der Waals surface area contributed by atoms with Gasteiger partial charge < -0.3 is 4.55 Å². The fourth-order valence-electron chi connectivity index (χ4n) is 1.52. The Balaban J connectivity index is 2.87. The highest BCUT2D eigenvalue weighted by Crippen LogP contribution is 2.19. The van der Waals surface area contributed by atoms with Crippen LogP contribution in [0.4, 0.5) is 0 Å². The Hall–Kier alpha value is -0.870. The summed E-state index contributed by atoms with van der Waals surface area (Å²) in [7, 11) is 0. The number of hydrogen-bond acceptors (Lipinski definition) is 3. The fourth-order valence-corrected chi connectivity index (χ4v) is 2.04. The van der Waals surface area contributed by atoms with Crippen LogP contribution >= 0.6 is 0 Å². The van der Waals surface area contributed by atoms with Crippen LogP contribution in [0.1, 0.15) is 57.4 Å². The number of pyridine rings is 1. The molecule has 100 valence electrons. The lowest BCUT2D eigenvalue weighted by molar-refractivity contribution is 0.562. The Morgan fingerprint density at radius 1 is 1.39 bits per heavy atom. The van der Waals surface area contributed by atoms with Crippen LogP contribution in [0, 0.1) is 6.92 Å². The summed E-state index contributed by atoms with van der Waals surface area (Å²) in [6.07, 6.45) is 3.47. The van der Waals surface area contributed by atoms with Crippen molar-refractivity contribution in [3.63, 3.8) is 0 Å². The molecule has 0 saturated carbocycles. The van der Waals surface area contributed by atoms with E-state index in [0.717, 1.165) is 5.69 Å². The van der Waals surface area contributed by atoms with Gasteiger partial charge in [0.15, 0.2) is 0 Å². The van der Waals surface area contributed by atoms with Gasteiger partial charge in [0.25, 0.3) is 0 Å². The normalized spacial score (nSPS) is 14.4. The smallest absolute Gasteiger partial charge is 0.144 e. The molecular weight excluding hydrogens is 244 g/mol. The van der Waals surface area contributed by atoms with Gasteiger partial charge in [-0.25, -0.2) is 0 Å². The molecule has 0 aliphatic heterocycles. The first-order valence-electron chi connectivity index (χ1n) is 6.14. The predicted octanol–water partition coefficient (Wildman–Crippen LogP) is 3.39. The average molecular weight is 266 g/mol. The zero-order valence-electron chi connectivity index (χ0n) is 12.0. The van der Waals surface area contributed by atoms with Crippen molar-refractivity contribution in [2.45, 2.75) is 52.2 Å². The van der Waals surface area contributed by atoms with E-state index in [0.29, 0.717) is 5.92 Å². The van der Waals surface area contributed by atoms with Gasteiger partial charge in [-0.2, -0.15) is 0 Å². The van der Waals surface area contributed by atoms with Crippen LogP contribution in [0.25, 0.3) is 0 Å². The molecule has 0 amide bonds. The Morgan fingerprint density at radius 2 is 2.00 bits per heavy atom. The molecule has 0 unspecified atom stereocenters. The summed E-state index contributed by atoms with van der Waals surface area (Å²) in [5.41, 5.74) is 3.20. The predicted molar refractivity (Wildman–Crippen MR) is 78.6 cm³/mol. The Bertz CT molecular complexity index is 436. The molecule has 4 heteroatoms. The summed E-state index contributed by atoms with van der Waals surface area (Å²) in [6, 6.07) is 1.98. The summed E-state index contributed by atoms with van der Waals surface area (Å²) in [4.78, 5) is 4.33.